The number of hydrogen-bond acceptors (Lipinski definition) is 4. The van der Waals surface area contributed by atoms with Gasteiger partial charge in [-0.15, -0.1) is 0 Å². The number of nitrogens with two attached hydrogens (primary N) is 1. The number of epoxide rings is 1. The summed E-state index contributed by atoms with van der Waals surface area (Å²) in [4.78, 5) is 4.37. The second-order valence-electron chi connectivity index (χ2n) is 7.17. The highest BCUT2D eigenvalue weighted by molar-refractivity contribution is 5.91. The van der Waals surface area contributed by atoms with E-state index in [4.69, 9.17) is 15.2 Å². The Morgan fingerprint density at radius 1 is 1.17 bits per heavy atom. The van der Waals surface area contributed by atoms with Crippen LogP contribution in [0.4, 0.5) is 27.6 Å². The van der Waals surface area contributed by atoms with Crippen LogP contribution < -0.4 is 10.5 Å². The summed E-state index contributed by atoms with van der Waals surface area (Å²) in [5.74, 6) is -4.64. The molecule has 2 aromatic carbocycles. The molecule has 30 heavy (non-hydrogen) atoms. The zero-order chi connectivity index (χ0) is 21.8. The van der Waals surface area contributed by atoms with Gasteiger partial charge in [0.25, 0.3) is 0 Å². The van der Waals surface area contributed by atoms with Crippen molar-refractivity contribution in [3.05, 3.63) is 64.9 Å². The van der Waals surface area contributed by atoms with Crippen LogP contribution in [0.2, 0.25) is 0 Å². The lowest BCUT2D eigenvalue weighted by atomic mass is 9.78. The molecular weight excluding hydrogens is 407 g/mol. The first kappa shape index (κ1) is 20.3. The monoisotopic (exact) mass is 424 g/mol. The van der Waals surface area contributed by atoms with E-state index in [0.717, 1.165) is 19.2 Å². The molecule has 1 aromatic heterocycles. The Morgan fingerprint density at radius 2 is 1.87 bits per heavy atom. The molecule has 158 valence electrons. The average molecular weight is 424 g/mol. The number of pyridine rings is 1. The Bertz CT molecular complexity index is 1140. The third kappa shape index (κ3) is 2.96. The highest BCUT2D eigenvalue weighted by Gasteiger charge is 2.71. The van der Waals surface area contributed by atoms with Gasteiger partial charge in [-0.3, -0.25) is 4.98 Å². The molecule has 0 bridgehead atoms. The van der Waals surface area contributed by atoms with E-state index in [1.54, 1.807) is 18.2 Å². The van der Waals surface area contributed by atoms with Gasteiger partial charge in [0.1, 0.15) is 0 Å². The Morgan fingerprint density at radius 3 is 2.47 bits per heavy atom. The van der Waals surface area contributed by atoms with E-state index in [1.165, 1.54) is 13.0 Å². The zero-order valence-electron chi connectivity index (χ0n) is 16.0. The fraction of sp³-hybridized carbons (Fsp3) is 0.286. The number of nitrogen functional groups attached to an aromatic ring is 1. The number of anilines is 1. The van der Waals surface area contributed by atoms with Crippen LogP contribution in [-0.2, 0) is 4.74 Å². The molecule has 0 aliphatic carbocycles. The molecule has 2 atom stereocenters. The van der Waals surface area contributed by atoms with E-state index in [9.17, 15) is 17.6 Å². The van der Waals surface area contributed by atoms with E-state index in [2.05, 4.69) is 4.98 Å². The molecular formula is C21H17F5N2O2. The van der Waals surface area contributed by atoms with Gasteiger partial charge < -0.3 is 15.2 Å². The minimum atomic E-state index is -4.81. The van der Waals surface area contributed by atoms with Gasteiger partial charge in [0.2, 0.25) is 0 Å². The SMILES string of the molecule is COc1c(F)ccc(C(c2cc3c(N)cccc3nc2C)C2(C(F)(F)F)CO2)c1F. The second-order valence-corrected chi connectivity index (χ2v) is 7.17. The minimum Gasteiger partial charge on any atom is -0.491 e. The molecule has 0 saturated carbocycles. The fourth-order valence-electron chi connectivity index (χ4n) is 3.82. The molecule has 1 aliphatic heterocycles. The molecule has 4 nitrogen and oxygen atoms in total. The van der Waals surface area contributed by atoms with E-state index in [0.29, 0.717) is 16.6 Å². The lowest BCUT2D eigenvalue weighted by molar-refractivity contribution is -0.187. The van der Waals surface area contributed by atoms with Crippen molar-refractivity contribution < 1.29 is 31.4 Å². The van der Waals surface area contributed by atoms with Crippen LogP contribution in [0.15, 0.2) is 36.4 Å². The van der Waals surface area contributed by atoms with Crippen LogP contribution in [0, 0.1) is 18.6 Å². The van der Waals surface area contributed by atoms with Gasteiger partial charge in [0.15, 0.2) is 23.0 Å². The number of fused-ring (bicyclic) bond motifs is 1. The van der Waals surface area contributed by atoms with Crippen molar-refractivity contribution >= 4 is 16.6 Å². The predicted octanol–water partition coefficient (Wildman–Crippen LogP) is 4.88. The average Bonchev–Trinajstić information content (AvgIpc) is 3.47. The van der Waals surface area contributed by atoms with Gasteiger partial charge in [0.05, 0.1) is 25.2 Å². The largest absolute Gasteiger partial charge is 0.491 e. The number of benzene rings is 2. The number of aryl methyl sites for hydroxylation is 1. The number of alkyl halides is 3. The Kier molecular flexibility index (Phi) is 4.61. The van der Waals surface area contributed by atoms with Gasteiger partial charge >= 0.3 is 6.18 Å². The summed E-state index contributed by atoms with van der Waals surface area (Å²) in [5.41, 5.74) is 4.06. The molecule has 0 spiro atoms. The molecule has 1 fully saturated rings. The van der Waals surface area contributed by atoms with Crippen LogP contribution in [0.5, 0.6) is 5.75 Å². The summed E-state index contributed by atoms with van der Waals surface area (Å²) in [6, 6.07) is 8.24. The first-order chi connectivity index (χ1) is 14.1. The molecule has 2 unspecified atom stereocenters. The molecule has 9 heteroatoms. The Labute approximate surface area is 168 Å². The van der Waals surface area contributed by atoms with Crippen molar-refractivity contribution in [2.75, 3.05) is 19.5 Å². The van der Waals surface area contributed by atoms with Gasteiger partial charge in [-0.05, 0) is 36.8 Å². The van der Waals surface area contributed by atoms with E-state index < -0.39 is 47.2 Å². The third-order valence-electron chi connectivity index (χ3n) is 5.43. The number of halogens is 5. The number of aromatic nitrogens is 1. The summed E-state index contributed by atoms with van der Waals surface area (Å²) in [6.45, 7) is 0.859. The van der Waals surface area contributed by atoms with Crippen LogP contribution in [0.3, 0.4) is 0 Å². The lowest BCUT2D eigenvalue weighted by Crippen LogP contribution is -2.40. The molecule has 0 radical (unpaired) electrons. The van der Waals surface area contributed by atoms with Crippen LogP contribution in [0.1, 0.15) is 22.7 Å². The van der Waals surface area contributed by atoms with Crippen LogP contribution >= 0.6 is 0 Å². The van der Waals surface area contributed by atoms with Crippen molar-refractivity contribution in [2.24, 2.45) is 0 Å². The van der Waals surface area contributed by atoms with E-state index >= 15 is 4.39 Å². The maximum Gasteiger partial charge on any atom is 0.420 e. The first-order valence-electron chi connectivity index (χ1n) is 8.99. The maximum atomic E-state index is 15.1. The molecule has 3 aromatic rings. The molecule has 0 amide bonds. The number of hydrogen-bond donors (Lipinski definition) is 1. The topological polar surface area (TPSA) is 60.7 Å². The smallest absolute Gasteiger partial charge is 0.420 e. The van der Waals surface area contributed by atoms with Crippen LogP contribution in [-0.4, -0.2) is 30.5 Å². The first-order valence-corrected chi connectivity index (χ1v) is 8.99. The van der Waals surface area contributed by atoms with Gasteiger partial charge in [-0.2, -0.15) is 13.2 Å². The Hall–Kier alpha value is -2.94. The van der Waals surface area contributed by atoms with Gasteiger partial charge in [-0.1, -0.05) is 12.1 Å². The molecule has 2 heterocycles. The summed E-state index contributed by atoms with van der Waals surface area (Å²) >= 11 is 0. The summed E-state index contributed by atoms with van der Waals surface area (Å²) < 4.78 is 80.8. The number of nitrogens with zero attached hydrogens (tertiary/aromatic N) is 1. The number of rotatable bonds is 4. The number of methoxy groups -OCH3 is 1. The highest BCUT2D eigenvalue weighted by atomic mass is 19.4. The van der Waals surface area contributed by atoms with Crippen molar-refractivity contribution in [1.82, 2.24) is 4.98 Å². The normalized spacial score (nSPS) is 19.7. The van der Waals surface area contributed by atoms with Crippen LogP contribution in [0.25, 0.3) is 10.9 Å². The lowest BCUT2D eigenvalue weighted by Gasteiger charge is -2.29. The Balaban J connectivity index is 2.03. The predicted molar refractivity (Wildman–Crippen MR) is 100 cm³/mol. The van der Waals surface area contributed by atoms with E-state index in [-0.39, 0.29) is 11.3 Å². The third-order valence-corrected chi connectivity index (χ3v) is 5.43. The number of ether oxygens (including phenoxy) is 2. The van der Waals surface area contributed by atoms with Gasteiger partial charge in [0, 0.05) is 22.3 Å². The summed E-state index contributed by atoms with van der Waals surface area (Å²) in [6.07, 6.45) is -4.81. The van der Waals surface area contributed by atoms with E-state index in [1.807, 2.05) is 0 Å². The summed E-state index contributed by atoms with van der Waals surface area (Å²) in [7, 11) is 1.04. The van der Waals surface area contributed by atoms with Gasteiger partial charge in [-0.25, -0.2) is 8.78 Å². The van der Waals surface area contributed by atoms with Crippen molar-refractivity contribution in [3.63, 3.8) is 0 Å². The summed E-state index contributed by atoms with van der Waals surface area (Å²) in [5, 5.41) is 0.426. The maximum absolute atomic E-state index is 15.1. The highest BCUT2D eigenvalue weighted by Crippen LogP contribution is 2.56. The molecule has 4 rings (SSSR count). The second kappa shape index (κ2) is 6.80. The minimum absolute atomic E-state index is 0.0859. The quantitative estimate of drug-likeness (QED) is 0.369. The zero-order valence-corrected chi connectivity index (χ0v) is 16.0. The fourth-order valence-corrected chi connectivity index (χ4v) is 3.82. The van der Waals surface area contributed by atoms with Crippen molar-refractivity contribution in [3.8, 4) is 5.75 Å². The molecule has 1 saturated heterocycles. The molecule has 2 N–H and O–H groups in total. The van der Waals surface area contributed by atoms with Crippen molar-refractivity contribution in [1.29, 1.82) is 0 Å². The standard InChI is InChI=1S/C21H17F5N2O2/c1-10-12(8-13-15(27)4-3-5-16(13)28-10)17(20(9-30-20)21(24,25)26)11-6-7-14(22)19(29-2)18(11)23/h3-8,17H,9,27H2,1-2H3. The van der Waals surface area contributed by atoms with Crippen molar-refractivity contribution in [2.45, 2.75) is 24.6 Å². The molecule has 1 aliphatic rings.